The molecular formula is C19H28N3O3S+. The van der Waals surface area contributed by atoms with Gasteiger partial charge in [-0.3, -0.25) is 4.68 Å². The third-order valence-corrected chi connectivity index (χ3v) is 6.80. The van der Waals surface area contributed by atoms with Gasteiger partial charge in [0.25, 0.3) is 0 Å². The minimum Gasteiger partial charge on any atom is -0.488 e. The van der Waals surface area contributed by atoms with E-state index in [0.29, 0.717) is 13.0 Å². The van der Waals surface area contributed by atoms with E-state index < -0.39 is 9.84 Å². The fourth-order valence-electron chi connectivity index (χ4n) is 3.53. The molecule has 2 aromatic rings. The molecule has 0 spiro atoms. The van der Waals surface area contributed by atoms with Crippen LogP contribution in [0, 0.1) is 13.8 Å². The van der Waals surface area contributed by atoms with Crippen molar-refractivity contribution in [2.24, 2.45) is 0 Å². The number of hydrogen-bond donors (Lipinski definition) is 1. The number of benzene rings is 1. The highest BCUT2D eigenvalue weighted by atomic mass is 32.2. The molecule has 2 atom stereocenters. The van der Waals surface area contributed by atoms with Crippen molar-refractivity contribution in [2.75, 3.05) is 31.7 Å². The third-order valence-electron chi connectivity index (χ3n) is 5.05. The normalized spacial score (nSPS) is 20.2. The summed E-state index contributed by atoms with van der Waals surface area (Å²) >= 11 is 0. The van der Waals surface area contributed by atoms with E-state index in [1.165, 1.54) is 10.5 Å². The maximum Gasteiger partial charge on any atom is 0.152 e. The average Bonchev–Trinajstić information content (AvgIpc) is 3.09. The molecule has 26 heavy (non-hydrogen) atoms. The molecule has 0 bridgehead atoms. The number of hydrogen-bond acceptors (Lipinski definition) is 4. The molecule has 2 heterocycles. The third kappa shape index (κ3) is 4.45. The molecule has 1 aliphatic rings. The smallest absolute Gasteiger partial charge is 0.152 e. The van der Waals surface area contributed by atoms with Gasteiger partial charge in [-0.05, 0) is 32.4 Å². The van der Waals surface area contributed by atoms with Gasteiger partial charge >= 0.3 is 0 Å². The van der Waals surface area contributed by atoms with E-state index >= 15 is 0 Å². The summed E-state index contributed by atoms with van der Waals surface area (Å²) in [5.74, 6) is 1.37. The first-order chi connectivity index (χ1) is 12.4. The van der Waals surface area contributed by atoms with E-state index in [2.05, 4.69) is 12.1 Å². The molecule has 1 aromatic heterocycles. The summed E-state index contributed by atoms with van der Waals surface area (Å²) in [5, 5.41) is 4.65. The second-order valence-electron chi connectivity index (χ2n) is 7.20. The lowest BCUT2D eigenvalue weighted by Gasteiger charge is -2.16. The Balaban J connectivity index is 1.59. The lowest BCUT2D eigenvalue weighted by molar-refractivity contribution is -0.893. The number of quaternary nitrogens is 1. The number of sulfone groups is 1. The Labute approximate surface area is 155 Å². The number of ether oxygens (including phenoxy) is 1. The van der Waals surface area contributed by atoms with Crippen LogP contribution in [0.5, 0.6) is 5.75 Å². The van der Waals surface area contributed by atoms with Gasteiger partial charge in [0.05, 0.1) is 35.9 Å². The highest BCUT2D eigenvalue weighted by Gasteiger charge is 2.31. The Morgan fingerprint density at radius 2 is 2.00 bits per heavy atom. The summed E-state index contributed by atoms with van der Waals surface area (Å²) in [6, 6.07) is 9.82. The van der Waals surface area contributed by atoms with Gasteiger partial charge in [-0.2, -0.15) is 5.10 Å². The van der Waals surface area contributed by atoms with Crippen LogP contribution < -0.4 is 9.64 Å². The number of para-hydroxylation sites is 1. The predicted molar refractivity (Wildman–Crippen MR) is 101 cm³/mol. The SMILES string of the molecule is Cc1nn([C@H]2CCS(=O)(=O)C2)c(C)c1C[NH+](C)CCOc1ccccc1. The van der Waals surface area contributed by atoms with E-state index in [9.17, 15) is 8.42 Å². The summed E-state index contributed by atoms with van der Waals surface area (Å²) in [5.41, 5.74) is 3.30. The van der Waals surface area contributed by atoms with Crippen molar-refractivity contribution in [1.82, 2.24) is 9.78 Å². The van der Waals surface area contributed by atoms with E-state index in [1.54, 1.807) is 0 Å². The Bertz CT molecular complexity index is 846. The molecular weight excluding hydrogens is 350 g/mol. The largest absolute Gasteiger partial charge is 0.488 e. The molecule has 1 unspecified atom stereocenters. The standard InChI is InChI=1S/C19H27N3O3S/c1-15-19(13-21(3)10-11-25-18-7-5-4-6-8-18)16(2)22(20-15)17-9-12-26(23,24)14-17/h4-8,17H,9-14H2,1-3H3/p+1/t17-/m0/s1. The van der Waals surface area contributed by atoms with Crippen molar-refractivity contribution >= 4 is 9.84 Å². The maximum atomic E-state index is 11.8. The molecule has 3 rings (SSSR count). The van der Waals surface area contributed by atoms with Crippen molar-refractivity contribution < 1.29 is 18.1 Å². The highest BCUT2D eigenvalue weighted by molar-refractivity contribution is 7.91. The molecule has 7 heteroatoms. The number of rotatable bonds is 7. The molecule has 6 nitrogen and oxygen atoms in total. The van der Waals surface area contributed by atoms with Gasteiger partial charge in [-0.25, -0.2) is 8.42 Å². The van der Waals surface area contributed by atoms with Crippen LogP contribution in [0.3, 0.4) is 0 Å². The molecule has 1 aromatic carbocycles. The summed E-state index contributed by atoms with van der Waals surface area (Å²) < 4.78 is 31.3. The molecule has 0 radical (unpaired) electrons. The van der Waals surface area contributed by atoms with Crippen molar-refractivity contribution in [1.29, 1.82) is 0 Å². The van der Waals surface area contributed by atoms with Crippen LogP contribution in [0.4, 0.5) is 0 Å². The zero-order valence-corrected chi connectivity index (χ0v) is 16.6. The molecule has 1 N–H and O–H groups in total. The van der Waals surface area contributed by atoms with Gasteiger partial charge in [0.2, 0.25) is 0 Å². The first kappa shape index (κ1) is 18.9. The predicted octanol–water partition coefficient (Wildman–Crippen LogP) is 0.953. The first-order valence-electron chi connectivity index (χ1n) is 9.10. The van der Waals surface area contributed by atoms with Gasteiger partial charge in [0.15, 0.2) is 9.84 Å². The number of aromatic nitrogens is 2. The molecule has 1 saturated heterocycles. The lowest BCUT2D eigenvalue weighted by Crippen LogP contribution is -3.08. The van der Waals surface area contributed by atoms with Crippen LogP contribution in [-0.4, -0.2) is 49.9 Å². The van der Waals surface area contributed by atoms with E-state index in [-0.39, 0.29) is 17.5 Å². The minimum absolute atomic E-state index is 0.0193. The van der Waals surface area contributed by atoms with Gasteiger partial charge in [-0.1, -0.05) is 18.2 Å². The minimum atomic E-state index is -2.91. The van der Waals surface area contributed by atoms with Crippen LogP contribution in [0.15, 0.2) is 30.3 Å². The Morgan fingerprint density at radius 1 is 1.27 bits per heavy atom. The number of aryl methyl sites for hydroxylation is 1. The van der Waals surface area contributed by atoms with Crippen molar-refractivity contribution in [3.63, 3.8) is 0 Å². The molecule has 0 amide bonds. The van der Waals surface area contributed by atoms with E-state index in [1.807, 2.05) is 48.9 Å². The maximum absolute atomic E-state index is 11.8. The quantitative estimate of drug-likeness (QED) is 0.779. The second kappa shape index (κ2) is 7.80. The summed E-state index contributed by atoms with van der Waals surface area (Å²) in [7, 11) is -0.765. The Kier molecular flexibility index (Phi) is 5.67. The van der Waals surface area contributed by atoms with Gasteiger partial charge in [0.1, 0.15) is 25.4 Å². The zero-order chi connectivity index (χ0) is 18.7. The summed E-state index contributed by atoms with van der Waals surface area (Å²) in [6.45, 7) is 6.46. The summed E-state index contributed by atoms with van der Waals surface area (Å²) in [6.07, 6.45) is 0.664. The van der Waals surface area contributed by atoms with Crippen molar-refractivity contribution in [3.8, 4) is 5.75 Å². The van der Waals surface area contributed by atoms with Gasteiger partial charge in [0, 0.05) is 5.69 Å². The molecule has 1 fully saturated rings. The van der Waals surface area contributed by atoms with Crippen LogP contribution >= 0.6 is 0 Å². The van der Waals surface area contributed by atoms with Crippen LogP contribution in [-0.2, 0) is 16.4 Å². The van der Waals surface area contributed by atoms with Crippen LogP contribution in [0.25, 0.3) is 0 Å². The lowest BCUT2D eigenvalue weighted by atomic mass is 10.1. The van der Waals surface area contributed by atoms with Crippen LogP contribution in [0.2, 0.25) is 0 Å². The topological polar surface area (TPSA) is 65.6 Å². The molecule has 142 valence electrons. The van der Waals surface area contributed by atoms with E-state index in [0.717, 1.165) is 30.2 Å². The van der Waals surface area contributed by atoms with Crippen LogP contribution in [0.1, 0.15) is 29.4 Å². The summed E-state index contributed by atoms with van der Waals surface area (Å²) in [4.78, 5) is 1.34. The van der Waals surface area contributed by atoms with Crippen molar-refractivity contribution in [3.05, 3.63) is 47.3 Å². The molecule has 1 aliphatic heterocycles. The average molecular weight is 379 g/mol. The fourth-order valence-corrected chi connectivity index (χ4v) is 5.22. The Morgan fingerprint density at radius 3 is 2.65 bits per heavy atom. The van der Waals surface area contributed by atoms with Gasteiger partial charge < -0.3 is 9.64 Å². The van der Waals surface area contributed by atoms with Crippen molar-refractivity contribution in [2.45, 2.75) is 32.9 Å². The Hall–Kier alpha value is -1.86. The zero-order valence-electron chi connectivity index (χ0n) is 15.7. The molecule has 0 aliphatic carbocycles. The fraction of sp³-hybridized carbons (Fsp3) is 0.526. The van der Waals surface area contributed by atoms with Gasteiger partial charge in [-0.15, -0.1) is 0 Å². The second-order valence-corrected chi connectivity index (χ2v) is 9.42. The van der Waals surface area contributed by atoms with E-state index in [4.69, 9.17) is 4.74 Å². The number of likely N-dealkylation sites (N-methyl/N-ethyl adjacent to an activating group) is 1. The number of nitrogens with zero attached hydrogens (tertiary/aromatic N) is 2. The first-order valence-corrected chi connectivity index (χ1v) is 10.9. The molecule has 0 saturated carbocycles. The highest BCUT2D eigenvalue weighted by Crippen LogP contribution is 2.26. The monoisotopic (exact) mass is 378 g/mol. The number of nitrogens with one attached hydrogen (secondary N) is 1.